The Morgan fingerprint density at radius 3 is 2.52 bits per heavy atom. The van der Waals surface area contributed by atoms with Gasteiger partial charge in [0.2, 0.25) is 0 Å². The van der Waals surface area contributed by atoms with E-state index >= 15 is 0 Å². The van der Waals surface area contributed by atoms with Crippen LogP contribution in [-0.2, 0) is 7.05 Å². The van der Waals surface area contributed by atoms with E-state index in [-0.39, 0.29) is 5.82 Å². The number of ether oxygens (including phenoxy) is 1. The monoisotopic (exact) mass is 460 g/mol. The average Bonchev–Trinajstić information content (AvgIpc) is 3.16. The van der Waals surface area contributed by atoms with Crippen LogP contribution in [0, 0.1) is 5.82 Å². The lowest BCUT2D eigenvalue weighted by atomic mass is 10.1. The van der Waals surface area contributed by atoms with Crippen molar-refractivity contribution in [1.29, 1.82) is 0 Å². The molecule has 6 heteroatoms. The van der Waals surface area contributed by atoms with Crippen molar-refractivity contribution in [2.45, 2.75) is 18.7 Å². The second kappa shape index (κ2) is 9.63. The average molecular weight is 461 g/mol. The number of aromatic nitrogens is 2. The maximum absolute atomic E-state index is 13.8. The summed E-state index contributed by atoms with van der Waals surface area (Å²) in [6, 6.07) is 21.1. The van der Waals surface area contributed by atoms with Gasteiger partial charge in [-0.2, -0.15) is 0 Å². The minimum atomic E-state index is -0.237. The van der Waals surface area contributed by atoms with Crippen LogP contribution in [0.15, 0.2) is 76.7 Å². The Bertz CT molecular complexity index is 1340. The van der Waals surface area contributed by atoms with Crippen molar-refractivity contribution in [1.82, 2.24) is 4.98 Å². The zero-order valence-electron chi connectivity index (χ0n) is 19.5. The fraction of sp³-hybridized carbons (Fsp3) is 0.185. The first kappa shape index (κ1) is 22.8. The maximum Gasteiger partial charge on any atom is 0.331 e. The van der Waals surface area contributed by atoms with Crippen LogP contribution in [-0.4, -0.2) is 19.1 Å². The molecule has 0 saturated carbocycles. The Balaban J connectivity index is 0.00000126. The first-order valence-corrected chi connectivity index (χ1v) is 11.7. The smallest absolute Gasteiger partial charge is 0.331 e. The van der Waals surface area contributed by atoms with E-state index in [1.807, 2.05) is 69.2 Å². The van der Waals surface area contributed by atoms with Crippen LogP contribution < -0.4 is 14.2 Å². The topological polar surface area (TPSA) is 29.2 Å². The van der Waals surface area contributed by atoms with Gasteiger partial charge in [-0.3, -0.25) is 0 Å². The number of hydrogen-bond donors (Lipinski definition) is 0. The van der Waals surface area contributed by atoms with Gasteiger partial charge in [-0.05, 0) is 53.5 Å². The highest BCUT2D eigenvalue weighted by Crippen LogP contribution is 2.46. The summed E-state index contributed by atoms with van der Waals surface area (Å²) in [6.45, 7) is 4.00. The van der Waals surface area contributed by atoms with E-state index in [0.29, 0.717) is 0 Å². The molecule has 4 nitrogen and oxygen atoms in total. The molecule has 168 valence electrons. The zero-order valence-corrected chi connectivity index (χ0v) is 20.3. The molecule has 0 unspecified atom stereocenters. The van der Waals surface area contributed by atoms with E-state index in [1.165, 1.54) is 6.07 Å². The first-order chi connectivity index (χ1) is 16.0. The Morgan fingerprint density at radius 1 is 1.03 bits per heavy atom. The number of rotatable bonds is 3. The summed E-state index contributed by atoms with van der Waals surface area (Å²) in [5.41, 5.74) is 3.80. The van der Waals surface area contributed by atoms with Crippen LogP contribution in [0.2, 0.25) is 0 Å². The van der Waals surface area contributed by atoms with Gasteiger partial charge in [0.1, 0.15) is 17.1 Å². The molecule has 1 aliphatic heterocycles. The largest absolute Gasteiger partial charge is 0.497 e. The third-order valence-electron chi connectivity index (χ3n) is 5.50. The number of benzene rings is 3. The second-order valence-electron chi connectivity index (χ2n) is 7.38. The lowest BCUT2D eigenvalue weighted by Crippen LogP contribution is -2.34. The molecule has 0 spiro atoms. The summed E-state index contributed by atoms with van der Waals surface area (Å²) < 4.78 is 21.4. The molecule has 1 aliphatic rings. The number of aryl methyl sites for hydroxylation is 1. The Kier molecular flexibility index (Phi) is 6.65. The molecule has 3 aromatic carbocycles. The van der Waals surface area contributed by atoms with Crippen molar-refractivity contribution in [2.75, 3.05) is 19.1 Å². The number of halogens is 1. The Morgan fingerprint density at radius 2 is 1.79 bits per heavy atom. The van der Waals surface area contributed by atoms with Gasteiger partial charge in [0, 0.05) is 18.0 Å². The second-order valence-corrected chi connectivity index (χ2v) is 8.45. The maximum atomic E-state index is 13.8. The minimum Gasteiger partial charge on any atom is -0.497 e. The normalized spacial score (nSPS) is 13.6. The molecule has 1 aromatic heterocycles. The zero-order chi connectivity index (χ0) is 23.5. The van der Waals surface area contributed by atoms with Crippen LogP contribution in [0.5, 0.6) is 5.75 Å². The third-order valence-corrected chi connectivity index (χ3v) is 6.67. The third kappa shape index (κ3) is 4.31. The lowest BCUT2D eigenvalue weighted by molar-refractivity contribution is -0.636. The molecule has 5 rings (SSSR count). The highest BCUT2D eigenvalue weighted by atomic mass is 32.2. The van der Waals surface area contributed by atoms with Crippen molar-refractivity contribution in [3.63, 3.8) is 0 Å². The molecule has 2 heterocycles. The molecule has 0 amide bonds. The molecule has 0 bridgehead atoms. The van der Waals surface area contributed by atoms with E-state index in [1.54, 1.807) is 24.9 Å². The van der Waals surface area contributed by atoms with E-state index in [4.69, 9.17) is 9.72 Å². The van der Waals surface area contributed by atoms with Crippen molar-refractivity contribution < 1.29 is 13.7 Å². The van der Waals surface area contributed by atoms with Crippen molar-refractivity contribution in [2.24, 2.45) is 7.05 Å². The first-order valence-electron chi connectivity index (χ1n) is 10.9. The number of nitrogens with zero attached hydrogens (tertiary/aromatic N) is 3. The highest BCUT2D eigenvalue weighted by molar-refractivity contribution is 8.03. The molecule has 0 N–H and O–H groups in total. The fourth-order valence-corrected chi connectivity index (χ4v) is 4.91. The molecule has 4 aromatic rings. The van der Waals surface area contributed by atoms with Crippen LogP contribution >= 0.6 is 11.8 Å². The quantitative estimate of drug-likeness (QED) is 0.329. The summed E-state index contributed by atoms with van der Waals surface area (Å²) in [4.78, 5) is 8.08. The fourth-order valence-electron chi connectivity index (χ4n) is 3.84. The van der Waals surface area contributed by atoms with Crippen molar-refractivity contribution in [3.8, 4) is 17.1 Å². The number of hydrogen-bond acceptors (Lipinski definition) is 4. The van der Waals surface area contributed by atoms with Crippen molar-refractivity contribution >= 4 is 34.4 Å². The van der Waals surface area contributed by atoms with Gasteiger partial charge >= 0.3 is 5.82 Å². The summed E-state index contributed by atoms with van der Waals surface area (Å²) in [7, 11) is 5.64. The van der Waals surface area contributed by atoms with Gasteiger partial charge in [0.05, 0.1) is 35.8 Å². The van der Waals surface area contributed by atoms with Crippen LogP contribution in [0.1, 0.15) is 19.5 Å². The highest BCUT2D eigenvalue weighted by Gasteiger charge is 2.26. The molecule has 0 aliphatic carbocycles. The molecule has 0 saturated heterocycles. The van der Waals surface area contributed by atoms with Gasteiger partial charge in [-0.15, -0.1) is 0 Å². The predicted octanol–water partition coefficient (Wildman–Crippen LogP) is 6.44. The van der Waals surface area contributed by atoms with Crippen LogP contribution in [0.4, 0.5) is 10.1 Å². The molecule has 33 heavy (non-hydrogen) atoms. The Labute approximate surface area is 198 Å². The van der Waals surface area contributed by atoms with Crippen molar-refractivity contribution in [3.05, 3.63) is 83.3 Å². The summed E-state index contributed by atoms with van der Waals surface area (Å²) in [5, 5.41) is 1.98. The number of fused-ring (bicyclic) bond motifs is 2. The van der Waals surface area contributed by atoms with Crippen LogP contribution in [0.3, 0.4) is 0 Å². The SMILES string of the molecule is CC.COc1ccc2c(c1)c(/C=C1\Sc3ccc(F)cc3N1C)nc(-c1ccccc1)[n+]2C. The number of methoxy groups -OCH3 is 1. The van der Waals surface area contributed by atoms with Gasteiger partial charge < -0.3 is 9.64 Å². The van der Waals surface area contributed by atoms with Gasteiger partial charge in [0.15, 0.2) is 5.69 Å². The Hall–Kier alpha value is -3.38. The summed E-state index contributed by atoms with van der Waals surface area (Å²) in [5.74, 6) is 1.41. The van der Waals surface area contributed by atoms with Gasteiger partial charge in [-0.25, -0.2) is 8.96 Å². The van der Waals surface area contributed by atoms with E-state index in [9.17, 15) is 4.39 Å². The summed E-state index contributed by atoms with van der Waals surface area (Å²) in [6.07, 6.45) is 2.07. The minimum absolute atomic E-state index is 0.237. The molecule has 0 radical (unpaired) electrons. The van der Waals surface area contributed by atoms with Crippen LogP contribution in [0.25, 0.3) is 28.4 Å². The molecule has 0 atom stereocenters. The number of anilines is 1. The van der Waals surface area contributed by atoms with E-state index < -0.39 is 0 Å². The van der Waals surface area contributed by atoms with E-state index in [0.717, 1.165) is 49.3 Å². The number of thioether (sulfide) groups is 1. The van der Waals surface area contributed by atoms with Gasteiger partial charge in [-0.1, -0.05) is 43.8 Å². The van der Waals surface area contributed by atoms with Gasteiger partial charge in [0.25, 0.3) is 0 Å². The molecular weight excluding hydrogens is 433 g/mol. The molecular formula is C27H27FN3OS+. The van der Waals surface area contributed by atoms with E-state index in [2.05, 4.69) is 28.8 Å². The molecule has 0 fully saturated rings. The standard InChI is InChI=1S/C25H21FN3OS.C2H6/c1-28-22-13-17(26)9-12-23(22)31-24(28)15-20-19-14-18(30-3)10-11-21(19)29(2)25(27-20)16-7-5-4-6-8-16;1-2/h4-15H,1-3H3;1-2H3/q+1;. The predicted molar refractivity (Wildman–Crippen MR) is 135 cm³/mol. The lowest BCUT2D eigenvalue weighted by Gasteiger charge is -2.13. The summed E-state index contributed by atoms with van der Waals surface area (Å²) >= 11 is 1.61.